The molecule has 4 atom stereocenters. The summed E-state index contributed by atoms with van der Waals surface area (Å²) in [6.07, 6.45) is 5.02. The van der Waals surface area contributed by atoms with Crippen LogP contribution in [0.1, 0.15) is 126 Å². The second kappa shape index (κ2) is 9.63. The standard InChI is InChI=1S/C32H45FINO2Si/c1-19(2)28-26-27(32(16-10-11-24(32)34)36-29(26)20-12-14-21(33)15-13-20)25-22(35-28)17-31(6,7)18-23(25)37-38(8,9)30(3,4)5/h12-15,19,23-24,29H,10-11,16-18H2,1-9H3/q-1/t23-,24?,29+,32?/m0/s1. The molecule has 2 heterocycles. The minimum Gasteiger partial charge on any atom is -0.559 e. The lowest BCUT2D eigenvalue weighted by Gasteiger charge is -2.53. The van der Waals surface area contributed by atoms with E-state index in [2.05, 4.69) is 84.2 Å². The Bertz CT molecular complexity index is 1220. The van der Waals surface area contributed by atoms with E-state index in [0.29, 0.717) is 3.92 Å². The normalized spacial score (nSPS) is 28.7. The number of rotatable bonds is 4. The van der Waals surface area contributed by atoms with Crippen LogP contribution in [0.2, 0.25) is 18.1 Å². The second-order valence-electron chi connectivity index (χ2n) is 14.5. The summed E-state index contributed by atoms with van der Waals surface area (Å²) < 4.78 is 28.9. The van der Waals surface area contributed by atoms with Gasteiger partial charge in [-0.25, -0.2) is 4.39 Å². The molecule has 6 heteroatoms. The van der Waals surface area contributed by atoms with Crippen LogP contribution in [0.25, 0.3) is 0 Å². The Kier molecular flexibility index (Phi) is 7.27. The van der Waals surface area contributed by atoms with Crippen molar-refractivity contribution in [2.24, 2.45) is 5.41 Å². The maximum atomic E-state index is 14.0. The molecule has 3 aliphatic rings. The average Bonchev–Trinajstić information content (AvgIpc) is 3.32. The van der Waals surface area contributed by atoms with Crippen LogP contribution in [0.3, 0.4) is 0 Å². The van der Waals surface area contributed by atoms with Crippen molar-refractivity contribution in [3.8, 4) is 0 Å². The zero-order valence-electron chi connectivity index (χ0n) is 24.7. The highest BCUT2D eigenvalue weighted by atomic mass is 127. The molecule has 0 amide bonds. The highest BCUT2D eigenvalue weighted by molar-refractivity contribution is 14.1. The Morgan fingerprint density at radius 2 is 1.79 bits per heavy atom. The minimum atomic E-state index is -2.06. The Balaban J connectivity index is 1.80. The third-order valence-corrected chi connectivity index (χ3v) is 15.7. The van der Waals surface area contributed by atoms with Crippen LogP contribution in [-0.4, -0.2) is 17.2 Å². The highest BCUT2D eigenvalue weighted by Gasteiger charge is 2.56. The van der Waals surface area contributed by atoms with Gasteiger partial charge in [-0.15, -0.1) is 18.1 Å². The van der Waals surface area contributed by atoms with Crippen molar-refractivity contribution >= 4 is 30.9 Å². The van der Waals surface area contributed by atoms with Gasteiger partial charge in [0.2, 0.25) is 0 Å². The molecule has 5 rings (SSSR count). The molecule has 2 aliphatic carbocycles. The lowest BCUT2D eigenvalue weighted by molar-refractivity contribution is -0.0515. The van der Waals surface area contributed by atoms with E-state index in [1.807, 2.05) is 12.1 Å². The third kappa shape index (κ3) is 4.73. The molecular weight excluding hydrogens is 604 g/mol. The molecule has 1 aliphatic heterocycles. The summed E-state index contributed by atoms with van der Waals surface area (Å²) in [6.45, 7) is 20.9. The molecule has 0 bridgehead atoms. The third-order valence-electron chi connectivity index (χ3n) is 9.57. The van der Waals surface area contributed by atoms with E-state index in [1.165, 1.54) is 22.4 Å². The van der Waals surface area contributed by atoms with Gasteiger partial charge in [0, 0.05) is 38.1 Å². The predicted octanol–water partition coefficient (Wildman–Crippen LogP) is 9.68. The first-order chi connectivity index (χ1) is 17.6. The number of alkyl halides is 1. The minimum absolute atomic E-state index is 0.00810. The first-order valence-corrected chi connectivity index (χ1v) is 18.5. The number of fused-ring (bicyclic) bond motifs is 4. The summed E-state index contributed by atoms with van der Waals surface area (Å²) >= 11 is 2.64. The van der Waals surface area contributed by atoms with E-state index >= 15 is 0 Å². The van der Waals surface area contributed by atoms with E-state index in [9.17, 15) is 4.39 Å². The molecule has 38 heavy (non-hydrogen) atoms. The number of aromatic nitrogens is 1. The summed E-state index contributed by atoms with van der Waals surface area (Å²) in [5.74, 6) is 0.0432. The number of hydrogen-bond donors (Lipinski definition) is 0. The first kappa shape index (κ1) is 28.7. The van der Waals surface area contributed by atoms with Gasteiger partial charge < -0.3 is 9.16 Å². The number of halogens is 2. The molecule has 2 unspecified atom stereocenters. The maximum Gasteiger partial charge on any atom is 0.123 e. The Hall–Kier alpha value is -0.833. The Morgan fingerprint density at radius 1 is 1.13 bits per heavy atom. The topological polar surface area (TPSA) is 31.4 Å². The van der Waals surface area contributed by atoms with Gasteiger partial charge in [0.05, 0.1) is 0 Å². The quantitative estimate of drug-likeness (QED) is 0.188. The molecule has 3 nitrogen and oxygen atoms in total. The molecular formula is C32H45FINO2Si-. The van der Waals surface area contributed by atoms with Crippen LogP contribution in [0.15, 0.2) is 24.3 Å². The molecule has 1 aromatic carbocycles. The number of hydrogen-bond acceptors (Lipinski definition) is 3. The summed E-state index contributed by atoms with van der Waals surface area (Å²) in [4.78, 5) is 5.47. The molecule has 1 aromatic heterocycles. The summed E-state index contributed by atoms with van der Waals surface area (Å²) in [7, 11) is -2.06. The molecule has 0 saturated heterocycles. The Morgan fingerprint density at radius 3 is 2.34 bits per heavy atom. The fraction of sp³-hybridized carbons (Fsp3) is 0.656. The first-order valence-electron chi connectivity index (χ1n) is 14.4. The van der Waals surface area contributed by atoms with Crippen molar-refractivity contribution in [3.63, 3.8) is 0 Å². The van der Waals surface area contributed by atoms with Crippen LogP contribution in [-0.2, 0) is 21.2 Å². The molecule has 0 N–H and O–H groups in total. The molecule has 209 valence electrons. The van der Waals surface area contributed by atoms with Crippen molar-refractivity contribution in [3.05, 3.63) is 63.7 Å². The number of pyridine rings is 1. The number of nitrogens with zero attached hydrogens (tertiary/aromatic N) is 1. The van der Waals surface area contributed by atoms with Gasteiger partial charge in [0.25, 0.3) is 0 Å². The van der Waals surface area contributed by atoms with Crippen LogP contribution in [0, 0.1) is 11.2 Å². The zero-order chi connectivity index (χ0) is 27.8. The summed E-state index contributed by atoms with van der Waals surface area (Å²) in [6, 6.07) is 6.92. The predicted molar refractivity (Wildman–Crippen MR) is 164 cm³/mol. The molecule has 1 fully saturated rings. The monoisotopic (exact) mass is 649 g/mol. The van der Waals surface area contributed by atoms with E-state index in [0.717, 1.165) is 43.4 Å². The van der Waals surface area contributed by atoms with Crippen molar-refractivity contribution in [1.82, 2.24) is 4.98 Å². The van der Waals surface area contributed by atoms with E-state index in [-0.39, 0.29) is 40.0 Å². The number of ether oxygens (including phenoxy) is 1. The molecule has 1 spiro atoms. The van der Waals surface area contributed by atoms with Crippen LogP contribution in [0.4, 0.5) is 4.39 Å². The lowest BCUT2D eigenvalue weighted by atomic mass is 9.70. The zero-order valence-corrected chi connectivity index (χ0v) is 27.8. The van der Waals surface area contributed by atoms with Crippen molar-refractivity contribution in [1.29, 1.82) is 0 Å². The van der Waals surface area contributed by atoms with Crippen molar-refractivity contribution < 1.29 is 13.6 Å². The Labute approximate surface area is 244 Å². The smallest absolute Gasteiger partial charge is 0.123 e. The average molecular weight is 650 g/mol. The maximum absolute atomic E-state index is 14.0. The van der Waals surface area contributed by atoms with Gasteiger partial charge in [-0.3, -0.25) is 4.98 Å². The van der Waals surface area contributed by atoms with Gasteiger partial charge in [-0.05, 0) is 69.5 Å². The molecule has 0 radical (unpaired) electrons. The van der Waals surface area contributed by atoms with E-state index in [1.54, 1.807) is 12.1 Å². The summed E-state index contributed by atoms with van der Waals surface area (Å²) in [5, 5.41) is 0.118. The van der Waals surface area contributed by atoms with Gasteiger partial charge in [0.1, 0.15) is 17.5 Å². The van der Waals surface area contributed by atoms with Gasteiger partial charge in [-0.1, -0.05) is 83.2 Å². The number of benzene rings is 1. The fourth-order valence-electron chi connectivity index (χ4n) is 6.64. The fourth-order valence-corrected chi connectivity index (χ4v) is 9.11. The van der Waals surface area contributed by atoms with Gasteiger partial charge in [-0.2, -0.15) is 0 Å². The molecule has 2 aromatic rings. The SMILES string of the molecule is CC(C)c1nc2c(c3c1[C@@H](c1ccc(F)cc1)OC31CCCC1I)[C@@H](O[Si-](C)(C)C(C)(C)C)CC(C)(C)C2. The van der Waals surface area contributed by atoms with Crippen LogP contribution < -0.4 is 0 Å². The van der Waals surface area contributed by atoms with Crippen LogP contribution >= 0.6 is 22.6 Å². The van der Waals surface area contributed by atoms with Gasteiger partial charge >= 0.3 is 0 Å². The van der Waals surface area contributed by atoms with Crippen molar-refractivity contribution in [2.75, 3.05) is 0 Å². The van der Waals surface area contributed by atoms with Crippen LogP contribution in [0.5, 0.6) is 0 Å². The summed E-state index contributed by atoms with van der Waals surface area (Å²) in [5.41, 5.74) is 7.05. The van der Waals surface area contributed by atoms with E-state index < -0.39 is 8.32 Å². The highest BCUT2D eigenvalue weighted by Crippen LogP contribution is 2.62. The van der Waals surface area contributed by atoms with E-state index in [4.69, 9.17) is 14.1 Å². The lowest BCUT2D eigenvalue weighted by Crippen LogP contribution is -2.44. The largest absolute Gasteiger partial charge is 0.559 e. The second-order valence-corrected chi connectivity index (χ2v) is 20.8. The van der Waals surface area contributed by atoms with Gasteiger partial charge in [0.15, 0.2) is 0 Å². The molecule has 1 saturated carbocycles. The van der Waals surface area contributed by atoms with Crippen molar-refractivity contribution in [2.45, 2.75) is 126 Å².